The molecule has 27 heavy (non-hydrogen) atoms. The van der Waals surface area contributed by atoms with Gasteiger partial charge in [-0.3, -0.25) is 0 Å². The van der Waals surface area contributed by atoms with Gasteiger partial charge in [-0.2, -0.15) is 19.3 Å². The second-order valence-corrected chi connectivity index (χ2v) is 6.21. The van der Waals surface area contributed by atoms with E-state index in [-0.39, 0.29) is 5.75 Å². The van der Waals surface area contributed by atoms with E-state index in [0.717, 1.165) is 5.69 Å². The highest BCUT2D eigenvalue weighted by atomic mass is 32.2. The maximum absolute atomic E-state index is 12.3. The van der Waals surface area contributed by atoms with Crippen LogP contribution in [-0.2, 0) is 0 Å². The summed E-state index contributed by atoms with van der Waals surface area (Å²) in [7, 11) is 0. The van der Waals surface area contributed by atoms with Crippen molar-refractivity contribution >= 4 is 17.5 Å². The molecule has 0 fully saturated rings. The number of nitrogens with zero attached hydrogens (tertiary/aromatic N) is 8. The average Bonchev–Trinajstić information content (AvgIpc) is 3.23. The number of alkyl halides is 3. The zero-order valence-corrected chi connectivity index (χ0v) is 14.3. The summed E-state index contributed by atoms with van der Waals surface area (Å²) in [4.78, 5) is 8.31. The molecule has 0 radical (unpaired) electrons. The zero-order valence-electron chi connectivity index (χ0n) is 13.5. The summed E-state index contributed by atoms with van der Waals surface area (Å²) >= 11 is 1.21. The van der Waals surface area contributed by atoms with E-state index in [1.165, 1.54) is 51.6 Å². The standard InChI is InChI=1S/C14H9F3N8OS/c1-8-6-11(25-12(20-8)18-7-19-25)27-13-21-22-23-24(13)9-2-4-10(5-3-9)26-14(15,16)17/h2-7H,1H3. The van der Waals surface area contributed by atoms with Crippen molar-refractivity contribution in [3.05, 3.63) is 42.4 Å². The lowest BCUT2D eigenvalue weighted by molar-refractivity contribution is -0.274. The first-order valence-corrected chi connectivity index (χ1v) is 8.20. The number of rotatable bonds is 4. The normalized spacial score (nSPS) is 11.9. The first-order valence-electron chi connectivity index (χ1n) is 7.39. The zero-order chi connectivity index (χ0) is 19.0. The Morgan fingerprint density at radius 3 is 2.67 bits per heavy atom. The van der Waals surface area contributed by atoms with E-state index in [1.54, 1.807) is 6.07 Å². The van der Waals surface area contributed by atoms with Crippen LogP contribution in [0.5, 0.6) is 5.75 Å². The van der Waals surface area contributed by atoms with Gasteiger partial charge in [0.15, 0.2) is 0 Å². The minimum atomic E-state index is -4.75. The molecule has 0 bridgehead atoms. The van der Waals surface area contributed by atoms with E-state index in [1.807, 2.05) is 6.92 Å². The molecule has 138 valence electrons. The molecule has 3 aromatic heterocycles. The maximum atomic E-state index is 12.3. The molecule has 0 unspecified atom stereocenters. The lowest BCUT2D eigenvalue weighted by Crippen LogP contribution is -2.17. The van der Waals surface area contributed by atoms with Gasteiger partial charge in [0.1, 0.15) is 17.1 Å². The van der Waals surface area contributed by atoms with Crippen molar-refractivity contribution in [2.45, 2.75) is 23.5 Å². The molecule has 0 saturated heterocycles. The molecule has 4 aromatic rings. The lowest BCUT2D eigenvalue weighted by Gasteiger charge is -2.09. The van der Waals surface area contributed by atoms with Gasteiger partial charge >= 0.3 is 6.36 Å². The van der Waals surface area contributed by atoms with Crippen molar-refractivity contribution in [1.29, 1.82) is 0 Å². The number of halogens is 3. The molecule has 1 aromatic carbocycles. The Hall–Kier alpha value is -3.22. The fourth-order valence-electron chi connectivity index (χ4n) is 2.26. The molecule has 13 heteroatoms. The summed E-state index contributed by atoms with van der Waals surface area (Å²) in [5, 5.41) is 16.7. The van der Waals surface area contributed by atoms with Gasteiger partial charge in [-0.1, -0.05) is 0 Å². The second kappa shape index (κ2) is 6.50. The summed E-state index contributed by atoms with van der Waals surface area (Å²) in [6.45, 7) is 1.82. The highest BCUT2D eigenvalue weighted by molar-refractivity contribution is 7.99. The van der Waals surface area contributed by atoms with Crippen LogP contribution >= 0.6 is 11.8 Å². The quantitative estimate of drug-likeness (QED) is 0.487. The van der Waals surface area contributed by atoms with Gasteiger partial charge in [0.25, 0.3) is 5.78 Å². The Bertz CT molecular complexity index is 1090. The minimum Gasteiger partial charge on any atom is -0.406 e. The van der Waals surface area contributed by atoms with E-state index in [9.17, 15) is 13.2 Å². The molecular formula is C14H9F3N8OS. The van der Waals surface area contributed by atoms with Crippen molar-refractivity contribution < 1.29 is 17.9 Å². The number of hydrogen-bond acceptors (Lipinski definition) is 8. The van der Waals surface area contributed by atoms with Gasteiger partial charge in [0.2, 0.25) is 5.16 Å². The monoisotopic (exact) mass is 394 g/mol. The molecule has 0 amide bonds. The van der Waals surface area contributed by atoms with Crippen LogP contribution in [0.15, 0.2) is 46.8 Å². The molecule has 0 spiro atoms. The molecule has 0 aliphatic heterocycles. The van der Waals surface area contributed by atoms with Crippen molar-refractivity contribution in [2.75, 3.05) is 0 Å². The number of tetrazole rings is 1. The lowest BCUT2D eigenvalue weighted by atomic mass is 10.3. The topological polar surface area (TPSA) is 95.9 Å². The Morgan fingerprint density at radius 2 is 1.93 bits per heavy atom. The molecule has 0 atom stereocenters. The largest absolute Gasteiger partial charge is 0.573 e. The third-order valence-electron chi connectivity index (χ3n) is 3.30. The van der Waals surface area contributed by atoms with Crippen molar-refractivity contribution in [3.63, 3.8) is 0 Å². The van der Waals surface area contributed by atoms with Crippen LogP contribution in [0.1, 0.15) is 5.69 Å². The first kappa shape index (κ1) is 17.2. The van der Waals surface area contributed by atoms with Gasteiger partial charge < -0.3 is 4.74 Å². The van der Waals surface area contributed by atoms with E-state index in [2.05, 4.69) is 35.3 Å². The summed E-state index contributed by atoms with van der Waals surface area (Å²) in [6, 6.07) is 7.01. The van der Waals surface area contributed by atoms with Crippen LogP contribution in [0.4, 0.5) is 13.2 Å². The summed E-state index contributed by atoms with van der Waals surface area (Å²) in [5.41, 5.74) is 1.21. The SMILES string of the molecule is Cc1cc(Sc2nnnn2-c2ccc(OC(F)(F)F)cc2)n2ncnc2n1. The Balaban J connectivity index is 1.64. The third kappa shape index (κ3) is 3.67. The van der Waals surface area contributed by atoms with E-state index >= 15 is 0 Å². The van der Waals surface area contributed by atoms with Gasteiger partial charge in [-0.15, -0.1) is 18.3 Å². The fraction of sp³-hybridized carbons (Fsp3) is 0.143. The van der Waals surface area contributed by atoms with Crippen molar-refractivity contribution in [1.82, 2.24) is 39.8 Å². The number of aryl methyl sites for hydroxylation is 1. The highest BCUT2D eigenvalue weighted by Crippen LogP contribution is 2.28. The average molecular weight is 394 g/mol. The van der Waals surface area contributed by atoms with E-state index < -0.39 is 6.36 Å². The third-order valence-corrected chi connectivity index (χ3v) is 4.24. The predicted molar refractivity (Wildman–Crippen MR) is 85.5 cm³/mol. The van der Waals surface area contributed by atoms with E-state index in [0.29, 0.717) is 21.6 Å². The predicted octanol–water partition coefficient (Wildman–Crippen LogP) is 2.46. The molecule has 4 rings (SSSR count). The number of aromatic nitrogens is 8. The van der Waals surface area contributed by atoms with Gasteiger partial charge in [0, 0.05) is 5.69 Å². The molecule has 0 saturated carbocycles. The molecule has 0 N–H and O–H groups in total. The number of ether oxygens (including phenoxy) is 1. The fourth-order valence-corrected chi connectivity index (χ4v) is 3.19. The Morgan fingerprint density at radius 1 is 1.15 bits per heavy atom. The number of hydrogen-bond donors (Lipinski definition) is 0. The Labute approximate surface area is 153 Å². The molecule has 9 nitrogen and oxygen atoms in total. The van der Waals surface area contributed by atoms with Crippen LogP contribution < -0.4 is 4.74 Å². The summed E-state index contributed by atoms with van der Waals surface area (Å²) < 4.78 is 43.6. The second-order valence-electron chi connectivity index (χ2n) is 5.22. The smallest absolute Gasteiger partial charge is 0.406 e. The van der Waals surface area contributed by atoms with Crippen LogP contribution in [-0.4, -0.2) is 46.2 Å². The highest BCUT2D eigenvalue weighted by Gasteiger charge is 2.31. The van der Waals surface area contributed by atoms with Crippen LogP contribution in [0, 0.1) is 6.92 Å². The van der Waals surface area contributed by atoms with E-state index in [4.69, 9.17) is 0 Å². The number of fused-ring (bicyclic) bond motifs is 1. The number of benzene rings is 1. The van der Waals surface area contributed by atoms with Crippen LogP contribution in [0.2, 0.25) is 0 Å². The van der Waals surface area contributed by atoms with Crippen molar-refractivity contribution in [3.8, 4) is 11.4 Å². The molecular weight excluding hydrogens is 385 g/mol. The van der Waals surface area contributed by atoms with Crippen LogP contribution in [0.3, 0.4) is 0 Å². The minimum absolute atomic E-state index is 0.331. The van der Waals surface area contributed by atoms with Crippen molar-refractivity contribution in [2.24, 2.45) is 0 Å². The van der Waals surface area contributed by atoms with Gasteiger partial charge in [-0.05, 0) is 59.4 Å². The molecule has 3 heterocycles. The molecule has 0 aliphatic carbocycles. The van der Waals surface area contributed by atoms with Gasteiger partial charge in [0.05, 0.1) is 5.69 Å². The summed E-state index contributed by atoms with van der Waals surface area (Å²) in [5.74, 6) is 0.104. The maximum Gasteiger partial charge on any atom is 0.573 e. The molecule has 0 aliphatic rings. The Kier molecular flexibility index (Phi) is 4.14. The first-order chi connectivity index (χ1) is 12.9. The van der Waals surface area contributed by atoms with Crippen LogP contribution in [0.25, 0.3) is 11.5 Å². The van der Waals surface area contributed by atoms with Gasteiger partial charge in [-0.25, -0.2) is 4.98 Å². The summed E-state index contributed by atoms with van der Waals surface area (Å²) in [6.07, 6.45) is -3.37.